The summed E-state index contributed by atoms with van der Waals surface area (Å²) in [5.74, 6) is 0.945. The van der Waals surface area contributed by atoms with Gasteiger partial charge in [-0.3, -0.25) is 0 Å². The molecule has 0 unspecified atom stereocenters. The van der Waals surface area contributed by atoms with Gasteiger partial charge in [0.25, 0.3) is 0 Å². The number of hydrogen-bond acceptors (Lipinski definition) is 6. The van der Waals surface area contributed by atoms with E-state index < -0.39 is 0 Å². The second-order valence-corrected chi connectivity index (χ2v) is 5.71. The zero-order chi connectivity index (χ0) is 9.10. The molecule has 2 aromatic rings. The minimum Gasteiger partial charge on any atom is -0.250 e. The molecule has 13 heavy (non-hydrogen) atoms. The van der Waals surface area contributed by atoms with Gasteiger partial charge in [0.1, 0.15) is 5.51 Å². The quantitative estimate of drug-likeness (QED) is 0.758. The van der Waals surface area contributed by atoms with Crippen LogP contribution in [0.25, 0.3) is 0 Å². The van der Waals surface area contributed by atoms with E-state index in [4.69, 9.17) is 0 Å². The second kappa shape index (κ2) is 4.17. The molecule has 0 fully saturated rings. The van der Waals surface area contributed by atoms with E-state index in [1.807, 2.05) is 13.1 Å². The van der Waals surface area contributed by atoms with Crippen molar-refractivity contribution in [3.8, 4) is 0 Å². The molecule has 0 aliphatic heterocycles. The molecule has 0 aliphatic rings. The summed E-state index contributed by atoms with van der Waals surface area (Å²) in [4.78, 5) is 5.48. The van der Waals surface area contributed by atoms with Gasteiger partial charge in [-0.05, 0) is 6.92 Å². The molecule has 3 nitrogen and oxygen atoms in total. The summed E-state index contributed by atoms with van der Waals surface area (Å²) in [6.07, 6.45) is 1.92. The van der Waals surface area contributed by atoms with Crippen LogP contribution in [0.2, 0.25) is 0 Å². The van der Waals surface area contributed by atoms with Gasteiger partial charge in [-0.25, -0.2) is 4.98 Å². The molecule has 0 aliphatic carbocycles. The average Bonchev–Trinajstić information content (AvgIpc) is 2.71. The molecular formula is C7H7N3S3. The Morgan fingerprint density at radius 2 is 2.46 bits per heavy atom. The van der Waals surface area contributed by atoms with Gasteiger partial charge in [-0.15, -0.1) is 21.5 Å². The van der Waals surface area contributed by atoms with E-state index in [0.29, 0.717) is 0 Å². The van der Waals surface area contributed by atoms with E-state index in [0.717, 1.165) is 15.1 Å². The van der Waals surface area contributed by atoms with Crippen LogP contribution in [0.4, 0.5) is 0 Å². The number of thiazole rings is 1. The normalized spacial score (nSPS) is 10.5. The highest BCUT2D eigenvalue weighted by Crippen LogP contribution is 2.25. The van der Waals surface area contributed by atoms with Crippen LogP contribution < -0.4 is 0 Å². The van der Waals surface area contributed by atoms with E-state index in [-0.39, 0.29) is 0 Å². The van der Waals surface area contributed by atoms with Crippen molar-refractivity contribution in [2.45, 2.75) is 17.0 Å². The lowest BCUT2D eigenvalue weighted by molar-refractivity contribution is 1.01. The molecule has 0 saturated heterocycles. The molecule has 0 amide bonds. The van der Waals surface area contributed by atoms with Crippen LogP contribution in [0, 0.1) is 6.92 Å². The van der Waals surface area contributed by atoms with Crippen LogP contribution in [-0.2, 0) is 5.75 Å². The monoisotopic (exact) mass is 229 g/mol. The third-order valence-electron chi connectivity index (χ3n) is 1.35. The van der Waals surface area contributed by atoms with Gasteiger partial charge in [0.05, 0.1) is 5.01 Å². The number of nitrogens with zero attached hydrogens (tertiary/aromatic N) is 3. The fourth-order valence-corrected chi connectivity index (χ4v) is 3.14. The second-order valence-electron chi connectivity index (χ2n) is 2.34. The van der Waals surface area contributed by atoms with Crippen molar-refractivity contribution in [2.75, 3.05) is 0 Å². The van der Waals surface area contributed by atoms with Crippen molar-refractivity contribution in [3.05, 3.63) is 21.6 Å². The Kier molecular flexibility index (Phi) is 2.92. The van der Waals surface area contributed by atoms with Crippen LogP contribution in [0.3, 0.4) is 0 Å². The molecule has 0 aromatic carbocycles. The van der Waals surface area contributed by atoms with Crippen molar-refractivity contribution in [2.24, 2.45) is 0 Å². The Hall–Kier alpha value is -0.460. The van der Waals surface area contributed by atoms with E-state index in [1.54, 1.807) is 39.9 Å². The summed E-state index contributed by atoms with van der Waals surface area (Å²) in [5.41, 5.74) is 1.75. The molecule has 2 aromatic heterocycles. The molecule has 0 radical (unpaired) electrons. The molecular weight excluding hydrogens is 222 g/mol. The van der Waals surface area contributed by atoms with E-state index in [1.165, 1.54) is 4.88 Å². The van der Waals surface area contributed by atoms with Crippen LogP contribution in [0.1, 0.15) is 9.88 Å². The number of aromatic nitrogens is 3. The highest BCUT2D eigenvalue weighted by Gasteiger charge is 2.01. The first-order valence-corrected chi connectivity index (χ1v) is 6.33. The van der Waals surface area contributed by atoms with Gasteiger partial charge in [0, 0.05) is 16.8 Å². The largest absolute Gasteiger partial charge is 0.250 e. The van der Waals surface area contributed by atoms with Crippen molar-refractivity contribution in [1.29, 1.82) is 0 Å². The van der Waals surface area contributed by atoms with E-state index in [2.05, 4.69) is 15.2 Å². The molecule has 0 spiro atoms. The Morgan fingerprint density at radius 1 is 1.54 bits per heavy atom. The molecule has 2 rings (SSSR count). The first-order chi connectivity index (χ1) is 6.34. The maximum Gasteiger partial charge on any atom is 0.174 e. The van der Waals surface area contributed by atoms with Crippen molar-refractivity contribution in [1.82, 2.24) is 15.2 Å². The Morgan fingerprint density at radius 3 is 3.08 bits per heavy atom. The predicted molar refractivity (Wildman–Crippen MR) is 56.3 cm³/mol. The summed E-state index contributed by atoms with van der Waals surface area (Å²) in [5, 5.41) is 8.85. The van der Waals surface area contributed by atoms with Crippen molar-refractivity contribution >= 4 is 34.4 Å². The fourth-order valence-electron chi connectivity index (χ4n) is 0.831. The predicted octanol–water partition coefficient (Wildman–Crippen LogP) is 2.60. The molecule has 68 valence electrons. The smallest absolute Gasteiger partial charge is 0.174 e. The zero-order valence-electron chi connectivity index (χ0n) is 6.93. The lowest BCUT2D eigenvalue weighted by Crippen LogP contribution is -1.73. The minimum absolute atomic E-state index is 0.945. The first-order valence-electron chi connectivity index (χ1n) is 3.65. The molecule has 0 bridgehead atoms. The van der Waals surface area contributed by atoms with Gasteiger partial charge in [0.2, 0.25) is 0 Å². The van der Waals surface area contributed by atoms with E-state index in [9.17, 15) is 0 Å². The summed E-state index contributed by atoms with van der Waals surface area (Å²) in [7, 11) is 0. The average molecular weight is 229 g/mol. The first kappa shape index (κ1) is 9.11. The zero-order valence-corrected chi connectivity index (χ0v) is 9.38. The van der Waals surface area contributed by atoms with Gasteiger partial charge in [-0.2, -0.15) is 0 Å². The molecule has 0 atom stereocenters. The standard InChI is InChI=1S/C7H7N3S3/c1-5-8-2-6(13-5)3-11-7-10-9-4-12-7/h2,4H,3H2,1H3. The summed E-state index contributed by atoms with van der Waals surface area (Å²) >= 11 is 5.02. The minimum atomic E-state index is 0.945. The summed E-state index contributed by atoms with van der Waals surface area (Å²) in [6.45, 7) is 2.02. The van der Waals surface area contributed by atoms with Gasteiger partial charge < -0.3 is 0 Å². The fraction of sp³-hybridized carbons (Fsp3) is 0.286. The van der Waals surface area contributed by atoms with Crippen LogP contribution in [0.15, 0.2) is 16.0 Å². The highest BCUT2D eigenvalue weighted by molar-refractivity contribution is 8.00. The van der Waals surface area contributed by atoms with Crippen molar-refractivity contribution < 1.29 is 0 Å². The third-order valence-corrected chi connectivity index (χ3v) is 4.35. The van der Waals surface area contributed by atoms with Crippen LogP contribution >= 0.6 is 34.4 Å². The maximum atomic E-state index is 4.19. The van der Waals surface area contributed by atoms with Crippen LogP contribution in [-0.4, -0.2) is 15.2 Å². The highest BCUT2D eigenvalue weighted by atomic mass is 32.2. The molecule has 6 heteroatoms. The summed E-state index contributed by atoms with van der Waals surface area (Å²) < 4.78 is 1.02. The number of hydrogen-bond donors (Lipinski definition) is 0. The number of rotatable bonds is 3. The maximum absolute atomic E-state index is 4.19. The third kappa shape index (κ3) is 2.49. The summed E-state index contributed by atoms with van der Waals surface area (Å²) in [6, 6.07) is 0. The molecule has 0 N–H and O–H groups in total. The van der Waals surface area contributed by atoms with Gasteiger partial charge >= 0.3 is 0 Å². The topological polar surface area (TPSA) is 38.7 Å². The van der Waals surface area contributed by atoms with Gasteiger partial charge in [0.15, 0.2) is 4.34 Å². The van der Waals surface area contributed by atoms with Gasteiger partial charge in [-0.1, -0.05) is 23.1 Å². The Labute approximate surface area is 88.2 Å². The Bertz CT molecular complexity index is 368. The Balaban J connectivity index is 1.93. The SMILES string of the molecule is Cc1ncc(CSc2nncs2)s1. The van der Waals surface area contributed by atoms with E-state index >= 15 is 0 Å². The number of aryl methyl sites for hydroxylation is 1. The molecule has 2 heterocycles. The number of thioether (sulfide) groups is 1. The molecule has 0 saturated carbocycles. The lowest BCUT2D eigenvalue weighted by atomic mass is 10.6. The lowest BCUT2D eigenvalue weighted by Gasteiger charge is -1.90. The van der Waals surface area contributed by atoms with Crippen molar-refractivity contribution in [3.63, 3.8) is 0 Å². The van der Waals surface area contributed by atoms with Crippen LogP contribution in [0.5, 0.6) is 0 Å².